The fourth-order valence-electron chi connectivity index (χ4n) is 5.49. The molecule has 2 atom stereocenters. The van der Waals surface area contributed by atoms with Gasteiger partial charge in [0.05, 0.1) is 18.2 Å². The van der Waals surface area contributed by atoms with E-state index in [2.05, 4.69) is 15.4 Å². The van der Waals surface area contributed by atoms with Gasteiger partial charge in [-0.05, 0) is 56.7 Å². The van der Waals surface area contributed by atoms with Gasteiger partial charge in [-0.1, -0.05) is 30.3 Å². The van der Waals surface area contributed by atoms with E-state index >= 15 is 0 Å². The fraction of sp³-hybridized carbons (Fsp3) is 0.448. The van der Waals surface area contributed by atoms with Gasteiger partial charge in [0.2, 0.25) is 11.8 Å². The van der Waals surface area contributed by atoms with Crippen LogP contribution in [0.1, 0.15) is 65.7 Å². The Morgan fingerprint density at radius 1 is 1.00 bits per heavy atom. The molecule has 2 aliphatic rings. The van der Waals surface area contributed by atoms with E-state index in [0.717, 1.165) is 18.4 Å². The average molecular weight is 530 g/mol. The van der Waals surface area contributed by atoms with E-state index in [9.17, 15) is 14.4 Å². The van der Waals surface area contributed by atoms with Crippen LogP contribution in [-0.4, -0.2) is 72.9 Å². The molecule has 1 aromatic carbocycles. The number of fused-ring (bicyclic) bond motifs is 2. The number of nitrogens with one attached hydrogen (secondary N) is 1. The first-order valence-corrected chi connectivity index (χ1v) is 13.7. The van der Waals surface area contributed by atoms with Gasteiger partial charge in [-0.15, -0.1) is 0 Å². The quantitative estimate of drug-likeness (QED) is 0.558. The number of rotatable bonds is 3. The summed E-state index contributed by atoms with van der Waals surface area (Å²) in [6, 6.07) is 12.5. The van der Waals surface area contributed by atoms with Crippen LogP contribution < -0.4 is 5.32 Å². The highest BCUT2D eigenvalue weighted by atomic mass is 16.2. The molecule has 0 bridgehead atoms. The van der Waals surface area contributed by atoms with Crippen molar-refractivity contribution in [1.29, 1.82) is 0 Å². The summed E-state index contributed by atoms with van der Waals surface area (Å²) in [4.78, 5) is 52.7. The molecule has 0 saturated carbocycles. The Labute approximate surface area is 228 Å². The van der Waals surface area contributed by atoms with E-state index in [1.54, 1.807) is 34.3 Å². The van der Waals surface area contributed by atoms with E-state index in [1.165, 1.54) is 0 Å². The van der Waals surface area contributed by atoms with Crippen LogP contribution in [-0.2, 0) is 22.6 Å². The van der Waals surface area contributed by atoms with Crippen LogP contribution in [0.4, 0.5) is 0 Å². The lowest BCUT2D eigenvalue weighted by Crippen LogP contribution is -2.53. The molecule has 204 valence electrons. The molecule has 39 heavy (non-hydrogen) atoms. The van der Waals surface area contributed by atoms with E-state index < -0.39 is 12.1 Å². The molecule has 10 nitrogen and oxygen atoms in total. The van der Waals surface area contributed by atoms with Gasteiger partial charge < -0.3 is 15.1 Å². The zero-order chi connectivity index (χ0) is 27.2. The lowest BCUT2D eigenvalue weighted by molar-refractivity contribution is -0.142. The molecule has 1 fully saturated rings. The smallest absolute Gasteiger partial charge is 0.255 e. The molecule has 0 aliphatic carbocycles. The molecule has 3 aromatic rings. The van der Waals surface area contributed by atoms with Crippen molar-refractivity contribution in [1.82, 2.24) is 34.9 Å². The monoisotopic (exact) mass is 529 g/mol. The molecule has 1 saturated heterocycles. The number of hydrogen-bond donors (Lipinski definition) is 1. The van der Waals surface area contributed by atoms with Crippen molar-refractivity contribution in [3.05, 3.63) is 77.6 Å². The number of benzene rings is 1. The third kappa shape index (κ3) is 6.32. The Balaban J connectivity index is 1.49. The highest BCUT2D eigenvalue weighted by molar-refractivity contribution is 5.94. The molecule has 0 unspecified atom stereocenters. The molecule has 4 heterocycles. The SMILES string of the molecule is Cc1nc2n(n1)CCN(C(=O)c1cccnc1)CCCC(=O)N1CCCC[C@H]1C(=O)N[C@@H]2Cc1ccccc1. The molecule has 0 radical (unpaired) electrons. The molecule has 1 N–H and O–H groups in total. The number of carbonyl (C=O) groups excluding carboxylic acids is 3. The third-order valence-corrected chi connectivity index (χ3v) is 7.44. The number of amides is 3. The van der Waals surface area contributed by atoms with Crippen molar-refractivity contribution < 1.29 is 14.4 Å². The largest absolute Gasteiger partial charge is 0.344 e. The minimum Gasteiger partial charge on any atom is -0.344 e. The second-order valence-corrected chi connectivity index (χ2v) is 10.2. The topological polar surface area (TPSA) is 113 Å². The summed E-state index contributed by atoms with van der Waals surface area (Å²) in [6.07, 6.45) is 6.93. The fourth-order valence-corrected chi connectivity index (χ4v) is 5.49. The number of carbonyl (C=O) groups is 3. The molecular formula is C29H35N7O3. The van der Waals surface area contributed by atoms with Crippen LogP contribution in [0.25, 0.3) is 0 Å². The number of aromatic nitrogens is 4. The summed E-state index contributed by atoms with van der Waals surface area (Å²) in [6.45, 7) is 3.60. The number of pyridine rings is 1. The number of aryl methyl sites for hydroxylation is 1. The minimum atomic E-state index is -0.516. The van der Waals surface area contributed by atoms with Crippen molar-refractivity contribution >= 4 is 17.7 Å². The van der Waals surface area contributed by atoms with Crippen molar-refractivity contribution in [2.24, 2.45) is 0 Å². The van der Waals surface area contributed by atoms with Crippen molar-refractivity contribution in [3.63, 3.8) is 0 Å². The molecule has 0 spiro atoms. The third-order valence-electron chi connectivity index (χ3n) is 7.44. The summed E-state index contributed by atoms with van der Waals surface area (Å²) < 4.78 is 1.81. The van der Waals surface area contributed by atoms with Gasteiger partial charge in [-0.25, -0.2) is 9.67 Å². The highest BCUT2D eigenvalue weighted by Gasteiger charge is 2.34. The highest BCUT2D eigenvalue weighted by Crippen LogP contribution is 2.23. The maximum atomic E-state index is 13.7. The van der Waals surface area contributed by atoms with Gasteiger partial charge in [0.1, 0.15) is 17.7 Å². The van der Waals surface area contributed by atoms with Gasteiger partial charge in [0.15, 0.2) is 0 Å². The number of hydrogen-bond acceptors (Lipinski definition) is 6. The summed E-state index contributed by atoms with van der Waals surface area (Å²) >= 11 is 0. The van der Waals surface area contributed by atoms with Crippen molar-refractivity contribution in [2.75, 3.05) is 19.6 Å². The van der Waals surface area contributed by atoms with E-state index in [-0.39, 0.29) is 24.1 Å². The van der Waals surface area contributed by atoms with Crippen LogP contribution in [0.15, 0.2) is 54.9 Å². The van der Waals surface area contributed by atoms with Crippen LogP contribution in [0.3, 0.4) is 0 Å². The predicted molar refractivity (Wildman–Crippen MR) is 145 cm³/mol. The minimum absolute atomic E-state index is 0.0423. The van der Waals surface area contributed by atoms with Crippen LogP contribution in [0, 0.1) is 6.92 Å². The first-order valence-electron chi connectivity index (χ1n) is 13.7. The first kappa shape index (κ1) is 26.5. The Kier molecular flexibility index (Phi) is 8.29. The zero-order valence-corrected chi connectivity index (χ0v) is 22.3. The number of piperidine rings is 1. The summed E-state index contributed by atoms with van der Waals surface area (Å²) in [5.74, 6) is 0.914. The Bertz CT molecular complexity index is 1290. The molecule has 2 aromatic heterocycles. The second kappa shape index (κ2) is 12.2. The molecule has 10 heteroatoms. The van der Waals surface area contributed by atoms with E-state index in [1.807, 2.05) is 41.9 Å². The molecule has 2 aliphatic heterocycles. The standard InChI is InChI=1S/C29H35N7O3/c1-21-31-27-24(19-22-9-3-2-4-10-22)32-28(38)25-12-5-6-16-35(25)26(37)13-8-15-34(17-18-36(27)33-21)29(39)23-11-7-14-30-20-23/h2-4,7,9-11,14,20,24-25H,5-6,8,12-13,15-19H2,1H3,(H,32,38)/t24-,25+/m1/s1. The Morgan fingerprint density at radius 2 is 1.85 bits per heavy atom. The van der Waals surface area contributed by atoms with Crippen molar-refractivity contribution in [3.8, 4) is 0 Å². The normalized spacial score (nSPS) is 20.9. The maximum Gasteiger partial charge on any atom is 0.255 e. The van der Waals surface area contributed by atoms with E-state index in [0.29, 0.717) is 62.7 Å². The predicted octanol–water partition coefficient (Wildman–Crippen LogP) is 2.70. The first-order chi connectivity index (χ1) is 19.0. The van der Waals surface area contributed by atoms with Gasteiger partial charge >= 0.3 is 0 Å². The summed E-state index contributed by atoms with van der Waals surface area (Å²) in [5, 5.41) is 7.86. The number of nitrogens with zero attached hydrogens (tertiary/aromatic N) is 6. The van der Waals surface area contributed by atoms with Gasteiger partial charge in [-0.3, -0.25) is 19.4 Å². The second-order valence-electron chi connectivity index (χ2n) is 10.2. The lowest BCUT2D eigenvalue weighted by atomic mass is 9.99. The van der Waals surface area contributed by atoms with Gasteiger partial charge in [0.25, 0.3) is 5.91 Å². The van der Waals surface area contributed by atoms with Gasteiger partial charge in [-0.2, -0.15) is 5.10 Å². The maximum absolute atomic E-state index is 13.7. The lowest BCUT2D eigenvalue weighted by Gasteiger charge is -2.36. The molecular weight excluding hydrogens is 494 g/mol. The molecule has 3 amide bonds. The van der Waals surface area contributed by atoms with Crippen LogP contribution in [0.2, 0.25) is 0 Å². The summed E-state index contributed by atoms with van der Waals surface area (Å²) in [5.41, 5.74) is 1.56. The molecule has 5 rings (SSSR count). The van der Waals surface area contributed by atoms with Crippen LogP contribution >= 0.6 is 0 Å². The van der Waals surface area contributed by atoms with Crippen molar-refractivity contribution in [2.45, 2.75) is 64.1 Å². The summed E-state index contributed by atoms with van der Waals surface area (Å²) in [7, 11) is 0. The van der Waals surface area contributed by atoms with Crippen LogP contribution in [0.5, 0.6) is 0 Å². The van der Waals surface area contributed by atoms with Gasteiger partial charge in [0, 0.05) is 38.4 Å². The Hall–Kier alpha value is -4.08. The van der Waals surface area contributed by atoms with E-state index in [4.69, 9.17) is 4.98 Å². The zero-order valence-electron chi connectivity index (χ0n) is 22.3. The average Bonchev–Trinajstić information content (AvgIpc) is 3.34. The Morgan fingerprint density at radius 3 is 2.64 bits per heavy atom.